The molecule has 0 aromatic heterocycles. The van der Waals surface area contributed by atoms with Crippen molar-refractivity contribution < 1.29 is 18.3 Å². The van der Waals surface area contributed by atoms with Gasteiger partial charge in [-0.3, -0.25) is 9.69 Å². The van der Waals surface area contributed by atoms with Crippen LogP contribution in [-0.4, -0.2) is 44.1 Å². The summed E-state index contributed by atoms with van der Waals surface area (Å²) in [5.41, 5.74) is 1.41. The van der Waals surface area contributed by atoms with Crippen molar-refractivity contribution in [3.8, 4) is 5.75 Å². The molecule has 1 amide bonds. The van der Waals surface area contributed by atoms with Crippen molar-refractivity contribution in [3.05, 3.63) is 65.2 Å². The number of amides is 1. The number of nitrogens with one attached hydrogen (secondary N) is 2. The van der Waals surface area contributed by atoms with Gasteiger partial charge in [-0.1, -0.05) is 18.2 Å². The van der Waals surface area contributed by atoms with Crippen LogP contribution in [0.25, 0.3) is 0 Å². The van der Waals surface area contributed by atoms with Crippen LogP contribution in [-0.2, 0) is 11.3 Å². The topological polar surface area (TPSA) is 53.6 Å². The van der Waals surface area contributed by atoms with E-state index in [-0.39, 0.29) is 37.4 Å². The summed E-state index contributed by atoms with van der Waals surface area (Å²) in [6.07, 6.45) is 0. The van der Waals surface area contributed by atoms with E-state index in [0.29, 0.717) is 18.7 Å². The van der Waals surface area contributed by atoms with Gasteiger partial charge in [0.2, 0.25) is 5.91 Å². The quantitative estimate of drug-likeness (QED) is 0.767. The second kappa shape index (κ2) is 10.4. The number of hydrogen-bond donors (Lipinski definition) is 2. The highest BCUT2D eigenvalue weighted by atomic mass is 35.5. The summed E-state index contributed by atoms with van der Waals surface area (Å²) in [5, 5.41) is 6.08. The van der Waals surface area contributed by atoms with Crippen LogP contribution in [0.15, 0.2) is 42.5 Å². The Morgan fingerprint density at radius 2 is 1.96 bits per heavy atom. The lowest BCUT2D eigenvalue weighted by Gasteiger charge is -2.36. The lowest BCUT2D eigenvalue weighted by Crippen LogP contribution is -2.49. The van der Waals surface area contributed by atoms with Crippen molar-refractivity contribution in [2.45, 2.75) is 12.6 Å². The zero-order valence-electron chi connectivity index (χ0n) is 15.6. The molecule has 0 radical (unpaired) electrons. The number of methoxy groups -OCH3 is 1. The Morgan fingerprint density at radius 1 is 1.25 bits per heavy atom. The molecule has 5 nitrogen and oxygen atoms in total. The van der Waals surface area contributed by atoms with Crippen LogP contribution in [0.2, 0.25) is 0 Å². The minimum Gasteiger partial charge on any atom is -0.496 e. The Bertz CT molecular complexity index is 787. The Balaban J connectivity index is 0.00000280. The van der Waals surface area contributed by atoms with Gasteiger partial charge in [0.1, 0.15) is 17.4 Å². The van der Waals surface area contributed by atoms with E-state index < -0.39 is 11.6 Å². The summed E-state index contributed by atoms with van der Waals surface area (Å²) in [6, 6.07) is 11.0. The third kappa shape index (κ3) is 5.64. The first-order chi connectivity index (χ1) is 13.1. The molecule has 3 rings (SSSR count). The zero-order valence-corrected chi connectivity index (χ0v) is 16.4. The molecule has 8 heteroatoms. The van der Waals surface area contributed by atoms with E-state index in [1.165, 1.54) is 12.1 Å². The summed E-state index contributed by atoms with van der Waals surface area (Å²) in [7, 11) is 1.63. The molecule has 2 aromatic carbocycles. The number of carbonyl (C=O) groups excluding carboxylic acids is 1. The van der Waals surface area contributed by atoms with Crippen LogP contribution in [0.4, 0.5) is 8.78 Å². The second-order valence-electron chi connectivity index (χ2n) is 6.49. The normalized spacial score (nSPS) is 16.9. The van der Waals surface area contributed by atoms with E-state index in [1.54, 1.807) is 7.11 Å². The molecule has 1 aliphatic heterocycles. The van der Waals surface area contributed by atoms with Gasteiger partial charge in [-0.15, -0.1) is 12.4 Å². The zero-order chi connectivity index (χ0) is 19.2. The minimum atomic E-state index is -0.655. The Kier molecular flexibility index (Phi) is 8.17. The molecule has 0 bridgehead atoms. The summed E-state index contributed by atoms with van der Waals surface area (Å²) in [4.78, 5) is 14.5. The molecule has 0 aliphatic carbocycles. The smallest absolute Gasteiger partial charge is 0.234 e. The van der Waals surface area contributed by atoms with Crippen molar-refractivity contribution >= 4 is 18.3 Å². The maximum atomic E-state index is 13.3. The third-order valence-corrected chi connectivity index (χ3v) is 4.61. The SMILES string of the molecule is COc1ccccc1C1CNCCN1CC(=O)NCc1cc(F)cc(F)c1.Cl. The number of para-hydroxylation sites is 1. The molecule has 0 spiro atoms. The molecule has 1 saturated heterocycles. The highest BCUT2D eigenvalue weighted by Crippen LogP contribution is 2.29. The highest BCUT2D eigenvalue weighted by Gasteiger charge is 2.27. The molecule has 2 aromatic rings. The molecule has 1 aliphatic rings. The molecular weight excluding hydrogens is 388 g/mol. The predicted octanol–water partition coefficient (Wildman–Crippen LogP) is 2.66. The van der Waals surface area contributed by atoms with Gasteiger partial charge < -0.3 is 15.4 Å². The van der Waals surface area contributed by atoms with Crippen LogP contribution < -0.4 is 15.4 Å². The Hall–Kier alpha value is -2.22. The van der Waals surface area contributed by atoms with Crippen molar-refractivity contribution in [1.82, 2.24) is 15.5 Å². The average Bonchev–Trinajstić information content (AvgIpc) is 2.66. The second-order valence-corrected chi connectivity index (χ2v) is 6.49. The molecular formula is C20H24ClF2N3O2. The molecule has 28 heavy (non-hydrogen) atoms. The maximum Gasteiger partial charge on any atom is 0.234 e. The van der Waals surface area contributed by atoms with Crippen LogP contribution >= 0.6 is 12.4 Å². The molecule has 2 N–H and O–H groups in total. The van der Waals surface area contributed by atoms with Crippen LogP contribution in [0.5, 0.6) is 5.75 Å². The number of carbonyl (C=O) groups is 1. The van der Waals surface area contributed by atoms with Gasteiger partial charge in [0.25, 0.3) is 0 Å². The van der Waals surface area contributed by atoms with Crippen molar-refractivity contribution in [2.24, 2.45) is 0 Å². The van der Waals surface area contributed by atoms with E-state index >= 15 is 0 Å². The van der Waals surface area contributed by atoms with Crippen molar-refractivity contribution in [3.63, 3.8) is 0 Å². The van der Waals surface area contributed by atoms with E-state index in [1.807, 2.05) is 24.3 Å². The number of piperazine rings is 1. The standard InChI is InChI=1S/C20H23F2N3O2.ClH/c1-27-19-5-3-2-4-17(19)18-12-23-6-7-25(18)13-20(26)24-11-14-8-15(21)10-16(22)9-14;/h2-5,8-10,18,23H,6-7,11-13H2,1H3,(H,24,26);1H. The first kappa shape index (κ1) is 22.1. The lowest BCUT2D eigenvalue weighted by atomic mass is 10.0. The number of halogens is 3. The fraction of sp³-hybridized carbons (Fsp3) is 0.350. The molecule has 0 saturated carbocycles. The van der Waals surface area contributed by atoms with Gasteiger partial charge >= 0.3 is 0 Å². The van der Waals surface area contributed by atoms with Crippen molar-refractivity contribution in [1.29, 1.82) is 0 Å². The maximum absolute atomic E-state index is 13.3. The van der Waals surface area contributed by atoms with Gasteiger partial charge in [-0.2, -0.15) is 0 Å². The Labute approximate surface area is 169 Å². The third-order valence-electron chi connectivity index (χ3n) is 4.61. The average molecular weight is 412 g/mol. The predicted molar refractivity (Wildman–Crippen MR) is 106 cm³/mol. The van der Waals surface area contributed by atoms with Gasteiger partial charge in [0.05, 0.1) is 19.7 Å². The van der Waals surface area contributed by atoms with E-state index in [0.717, 1.165) is 23.9 Å². The molecule has 1 heterocycles. The van der Waals surface area contributed by atoms with E-state index in [2.05, 4.69) is 15.5 Å². The molecule has 1 atom stereocenters. The lowest BCUT2D eigenvalue weighted by molar-refractivity contribution is -0.123. The van der Waals surface area contributed by atoms with Gasteiger partial charge in [-0.25, -0.2) is 8.78 Å². The number of rotatable bonds is 6. The first-order valence-corrected chi connectivity index (χ1v) is 8.86. The van der Waals surface area contributed by atoms with Gasteiger partial charge in [0.15, 0.2) is 0 Å². The molecule has 1 unspecified atom stereocenters. The molecule has 152 valence electrons. The van der Waals surface area contributed by atoms with Crippen LogP contribution in [0.3, 0.4) is 0 Å². The Morgan fingerprint density at radius 3 is 2.68 bits per heavy atom. The first-order valence-electron chi connectivity index (χ1n) is 8.86. The number of nitrogens with zero attached hydrogens (tertiary/aromatic N) is 1. The van der Waals surface area contributed by atoms with Crippen molar-refractivity contribution in [2.75, 3.05) is 33.3 Å². The number of ether oxygens (including phenoxy) is 1. The largest absolute Gasteiger partial charge is 0.496 e. The monoisotopic (exact) mass is 411 g/mol. The summed E-state index contributed by atoms with van der Waals surface area (Å²) >= 11 is 0. The van der Waals surface area contributed by atoms with Crippen LogP contribution in [0.1, 0.15) is 17.2 Å². The number of benzene rings is 2. The fourth-order valence-corrected chi connectivity index (χ4v) is 3.34. The van der Waals surface area contributed by atoms with Gasteiger partial charge in [-0.05, 0) is 23.8 Å². The minimum absolute atomic E-state index is 0. The molecule has 1 fully saturated rings. The summed E-state index contributed by atoms with van der Waals surface area (Å²) in [5.74, 6) is -0.719. The van der Waals surface area contributed by atoms with Crippen LogP contribution in [0, 0.1) is 11.6 Å². The van der Waals surface area contributed by atoms with E-state index in [4.69, 9.17) is 4.74 Å². The number of hydrogen-bond acceptors (Lipinski definition) is 4. The van der Waals surface area contributed by atoms with E-state index in [9.17, 15) is 13.6 Å². The fourth-order valence-electron chi connectivity index (χ4n) is 3.34. The highest BCUT2D eigenvalue weighted by molar-refractivity contribution is 5.85. The summed E-state index contributed by atoms with van der Waals surface area (Å²) in [6.45, 7) is 2.49. The van der Waals surface area contributed by atoms with Gasteiger partial charge in [0, 0.05) is 37.8 Å². The summed E-state index contributed by atoms with van der Waals surface area (Å²) < 4.78 is 32.0.